The molecule has 1 heterocycles. The maximum atomic E-state index is 11.9. The molecular formula is C15H13N3O3. The number of amides is 1. The van der Waals surface area contributed by atoms with Gasteiger partial charge in [-0.3, -0.25) is 4.79 Å². The molecule has 0 aliphatic heterocycles. The summed E-state index contributed by atoms with van der Waals surface area (Å²) in [5.41, 5.74) is 1.19. The number of ether oxygens (including phenoxy) is 1. The zero-order valence-corrected chi connectivity index (χ0v) is 11.3. The maximum Gasteiger partial charge on any atom is 0.355 e. The number of aromatic nitrogens is 1. The number of carbonyl (C=O) groups excluding carboxylic acids is 2. The first kappa shape index (κ1) is 14.3. The van der Waals surface area contributed by atoms with Gasteiger partial charge in [-0.15, -0.1) is 0 Å². The van der Waals surface area contributed by atoms with Crippen molar-refractivity contribution in [3.05, 3.63) is 53.9 Å². The summed E-state index contributed by atoms with van der Waals surface area (Å²) in [6.45, 7) is 1.48. The Kier molecular flexibility index (Phi) is 4.36. The van der Waals surface area contributed by atoms with E-state index in [4.69, 9.17) is 10.00 Å². The number of H-pyrrole nitrogens is 1. The van der Waals surface area contributed by atoms with Crippen molar-refractivity contribution in [2.75, 3.05) is 5.32 Å². The molecule has 21 heavy (non-hydrogen) atoms. The Morgan fingerprint density at radius 1 is 1.33 bits per heavy atom. The zero-order chi connectivity index (χ0) is 15.2. The highest BCUT2D eigenvalue weighted by molar-refractivity contribution is 5.96. The fourth-order valence-electron chi connectivity index (χ4n) is 1.65. The van der Waals surface area contributed by atoms with E-state index < -0.39 is 18.0 Å². The first-order chi connectivity index (χ1) is 10.1. The Morgan fingerprint density at radius 3 is 2.81 bits per heavy atom. The Hall–Kier alpha value is -3.07. The van der Waals surface area contributed by atoms with E-state index in [0.717, 1.165) is 0 Å². The van der Waals surface area contributed by atoms with Crippen molar-refractivity contribution in [3.63, 3.8) is 0 Å². The maximum absolute atomic E-state index is 11.9. The van der Waals surface area contributed by atoms with Crippen molar-refractivity contribution < 1.29 is 14.3 Å². The largest absolute Gasteiger partial charge is 0.448 e. The summed E-state index contributed by atoms with van der Waals surface area (Å²) < 4.78 is 5.04. The molecule has 6 nitrogen and oxygen atoms in total. The fourth-order valence-corrected chi connectivity index (χ4v) is 1.65. The molecule has 1 amide bonds. The summed E-state index contributed by atoms with van der Waals surface area (Å²) in [4.78, 5) is 26.3. The van der Waals surface area contributed by atoms with Gasteiger partial charge in [0.05, 0.1) is 11.6 Å². The number of esters is 1. The second kappa shape index (κ2) is 6.39. The third-order valence-corrected chi connectivity index (χ3v) is 2.73. The van der Waals surface area contributed by atoms with Crippen LogP contribution >= 0.6 is 0 Å². The molecule has 106 valence electrons. The van der Waals surface area contributed by atoms with Crippen LogP contribution in [0.5, 0.6) is 0 Å². The fraction of sp³-hybridized carbons (Fsp3) is 0.133. The highest BCUT2D eigenvalue weighted by Gasteiger charge is 2.19. The lowest BCUT2D eigenvalue weighted by molar-refractivity contribution is -0.123. The number of hydrogen-bond donors (Lipinski definition) is 2. The molecule has 0 unspecified atom stereocenters. The number of nitrogens with one attached hydrogen (secondary N) is 2. The first-order valence-electron chi connectivity index (χ1n) is 6.25. The third kappa shape index (κ3) is 3.70. The van der Waals surface area contributed by atoms with E-state index in [1.54, 1.807) is 36.5 Å². The van der Waals surface area contributed by atoms with Crippen LogP contribution in [0.3, 0.4) is 0 Å². The smallest absolute Gasteiger partial charge is 0.355 e. The quantitative estimate of drug-likeness (QED) is 0.840. The van der Waals surface area contributed by atoms with E-state index in [-0.39, 0.29) is 5.69 Å². The molecule has 1 aromatic carbocycles. The van der Waals surface area contributed by atoms with E-state index in [0.29, 0.717) is 11.3 Å². The Labute approximate surface area is 121 Å². The van der Waals surface area contributed by atoms with Crippen molar-refractivity contribution >= 4 is 17.6 Å². The predicted octanol–water partition coefficient (Wildman–Crippen LogP) is 2.07. The number of hydrogen-bond acceptors (Lipinski definition) is 4. The van der Waals surface area contributed by atoms with E-state index in [1.165, 1.54) is 13.0 Å². The van der Waals surface area contributed by atoms with Crippen LogP contribution in [0.15, 0.2) is 42.6 Å². The molecular weight excluding hydrogens is 270 g/mol. The van der Waals surface area contributed by atoms with Gasteiger partial charge in [0.15, 0.2) is 6.10 Å². The van der Waals surface area contributed by atoms with Crippen LogP contribution in [0.4, 0.5) is 5.69 Å². The highest BCUT2D eigenvalue weighted by Crippen LogP contribution is 2.11. The average Bonchev–Trinajstić information content (AvgIpc) is 3.01. The Morgan fingerprint density at radius 2 is 2.14 bits per heavy atom. The molecule has 0 spiro atoms. The number of rotatable bonds is 4. The molecule has 0 aliphatic carbocycles. The Bertz CT molecular complexity index is 686. The number of nitriles is 1. The normalized spacial score (nSPS) is 11.2. The van der Waals surface area contributed by atoms with Crippen molar-refractivity contribution in [3.8, 4) is 6.07 Å². The minimum Gasteiger partial charge on any atom is -0.448 e. The van der Waals surface area contributed by atoms with Gasteiger partial charge in [0, 0.05) is 11.9 Å². The summed E-state index contributed by atoms with van der Waals surface area (Å²) in [7, 11) is 0. The second-order valence-electron chi connectivity index (χ2n) is 4.31. The lowest BCUT2D eigenvalue weighted by Crippen LogP contribution is -2.30. The molecule has 0 fully saturated rings. The van der Waals surface area contributed by atoms with Crippen LogP contribution in [-0.2, 0) is 9.53 Å². The second-order valence-corrected chi connectivity index (χ2v) is 4.31. The van der Waals surface area contributed by atoms with Crippen LogP contribution < -0.4 is 5.32 Å². The predicted molar refractivity (Wildman–Crippen MR) is 75.5 cm³/mol. The third-order valence-electron chi connectivity index (χ3n) is 2.73. The molecule has 0 saturated heterocycles. The van der Waals surface area contributed by atoms with Crippen LogP contribution in [0, 0.1) is 11.3 Å². The topological polar surface area (TPSA) is 95.0 Å². The minimum absolute atomic E-state index is 0.279. The standard InChI is InChI=1S/C15H13N3O3/c1-10(21-15(20)13-6-3-7-17-13)14(19)18-12-5-2-4-11(8-12)9-16/h2-8,10,17H,1H3,(H,18,19)/t10-/m1/s1. The molecule has 0 saturated carbocycles. The summed E-state index contributed by atoms with van der Waals surface area (Å²) >= 11 is 0. The zero-order valence-electron chi connectivity index (χ0n) is 11.3. The Balaban J connectivity index is 1.96. The van der Waals surface area contributed by atoms with Crippen LogP contribution in [-0.4, -0.2) is 23.0 Å². The van der Waals surface area contributed by atoms with Gasteiger partial charge in [-0.05, 0) is 37.3 Å². The summed E-state index contributed by atoms with van der Waals surface area (Å²) in [6, 6.07) is 11.7. The number of aromatic amines is 1. The number of nitrogens with zero attached hydrogens (tertiary/aromatic N) is 1. The van der Waals surface area contributed by atoms with Gasteiger partial charge in [0.25, 0.3) is 5.91 Å². The van der Waals surface area contributed by atoms with E-state index in [9.17, 15) is 9.59 Å². The average molecular weight is 283 g/mol. The molecule has 2 aromatic rings. The lowest BCUT2D eigenvalue weighted by atomic mass is 10.2. The molecule has 6 heteroatoms. The number of carbonyl (C=O) groups is 2. The van der Waals surface area contributed by atoms with Gasteiger partial charge >= 0.3 is 5.97 Å². The van der Waals surface area contributed by atoms with Crippen LogP contribution in [0.2, 0.25) is 0 Å². The van der Waals surface area contributed by atoms with Crippen molar-refractivity contribution in [1.29, 1.82) is 5.26 Å². The lowest BCUT2D eigenvalue weighted by Gasteiger charge is -2.13. The first-order valence-corrected chi connectivity index (χ1v) is 6.25. The molecule has 2 N–H and O–H groups in total. The van der Waals surface area contributed by atoms with Gasteiger partial charge in [-0.2, -0.15) is 5.26 Å². The van der Waals surface area contributed by atoms with Gasteiger partial charge < -0.3 is 15.0 Å². The summed E-state index contributed by atoms with van der Waals surface area (Å²) in [5.74, 6) is -1.07. The molecule has 1 atom stereocenters. The molecule has 2 rings (SSSR count). The van der Waals surface area contributed by atoms with Crippen LogP contribution in [0.1, 0.15) is 23.0 Å². The van der Waals surface area contributed by atoms with Gasteiger partial charge in [0.1, 0.15) is 5.69 Å². The van der Waals surface area contributed by atoms with E-state index in [2.05, 4.69) is 10.3 Å². The van der Waals surface area contributed by atoms with Crippen molar-refractivity contribution in [1.82, 2.24) is 4.98 Å². The molecule has 0 radical (unpaired) electrons. The number of benzene rings is 1. The summed E-state index contributed by atoms with van der Waals surface area (Å²) in [5, 5.41) is 11.4. The molecule has 0 bridgehead atoms. The van der Waals surface area contributed by atoms with Crippen molar-refractivity contribution in [2.24, 2.45) is 0 Å². The summed E-state index contributed by atoms with van der Waals surface area (Å²) in [6.07, 6.45) is 0.640. The monoisotopic (exact) mass is 283 g/mol. The van der Waals surface area contributed by atoms with Gasteiger partial charge in [-0.25, -0.2) is 4.79 Å². The van der Waals surface area contributed by atoms with Gasteiger partial charge in [0.2, 0.25) is 0 Å². The highest BCUT2D eigenvalue weighted by atomic mass is 16.5. The molecule has 1 aromatic heterocycles. The number of anilines is 1. The minimum atomic E-state index is -0.952. The van der Waals surface area contributed by atoms with E-state index >= 15 is 0 Å². The SMILES string of the molecule is C[C@@H](OC(=O)c1ccc[nH]1)C(=O)Nc1cccc(C#N)c1. The van der Waals surface area contributed by atoms with E-state index in [1.807, 2.05) is 6.07 Å². The van der Waals surface area contributed by atoms with Crippen molar-refractivity contribution in [2.45, 2.75) is 13.0 Å². The molecule has 0 aliphatic rings. The van der Waals surface area contributed by atoms with Crippen LogP contribution in [0.25, 0.3) is 0 Å². The van der Waals surface area contributed by atoms with Gasteiger partial charge in [-0.1, -0.05) is 6.07 Å².